The summed E-state index contributed by atoms with van der Waals surface area (Å²) in [6.07, 6.45) is 3.59. The van der Waals surface area contributed by atoms with Crippen LogP contribution in [0.3, 0.4) is 0 Å². The van der Waals surface area contributed by atoms with E-state index in [1.54, 1.807) is 30.3 Å². The molecule has 0 aliphatic carbocycles. The van der Waals surface area contributed by atoms with Crippen LogP contribution in [0.5, 0.6) is 5.75 Å². The van der Waals surface area contributed by atoms with Gasteiger partial charge in [-0.05, 0) is 48.4 Å². The minimum absolute atomic E-state index is 0.0137. The smallest absolute Gasteiger partial charge is 0.313 e. The molecule has 0 unspecified atom stereocenters. The summed E-state index contributed by atoms with van der Waals surface area (Å²) >= 11 is 21.7. The van der Waals surface area contributed by atoms with Crippen LogP contribution in [0, 0.1) is 10.1 Å². The Balaban J connectivity index is 1.70. The Bertz CT molecular complexity index is 1620. The molecule has 4 aromatic rings. The van der Waals surface area contributed by atoms with E-state index in [4.69, 9.17) is 39.5 Å². The van der Waals surface area contributed by atoms with E-state index in [9.17, 15) is 14.9 Å². The fraction of sp³-hybridized carbons (Fsp3) is 0.192. The van der Waals surface area contributed by atoms with Crippen molar-refractivity contribution < 1.29 is 9.66 Å². The molecule has 0 bridgehead atoms. The molecular formula is C26H20BrCl3N4O4. The lowest BCUT2D eigenvalue weighted by molar-refractivity contribution is -0.385. The van der Waals surface area contributed by atoms with Crippen LogP contribution >= 0.6 is 50.7 Å². The van der Waals surface area contributed by atoms with Crippen molar-refractivity contribution in [2.24, 2.45) is 5.10 Å². The molecule has 0 amide bonds. The molecule has 1 heterocycles. The first kappa shape index (κ1) is 28.0. The number of aromatic nitrogens is 2. The van der Waals surface area contributed by atoms with Crippen LogP contribution in [0.1, 0.15) is 36.7 Å². The molecule has 0 aliphatic rings. The molecule has 3 aromatic carbocycles. The highest BCUT2D eigenvalue weighted by molar-refractivity contribution is 9.10. The zero-order chi connectivity index (χ0) is 27.4. The highest BCUT2D eigenvalue weighted by atomic mass is 79.9. The van der Waals surface area contributed by atoms with Crippen LogP contribution in [0.25, 0.3) is 10.9 Å². The molecule has 0 N–H and O–H groups in total. The summed E-state index contributed by atoms with van der Waals surface area (Å²) in [5.41, 5.74) is 0.841. The van der Waals surface area contributed by atoms with Crippen molar-refractivity contribution >= 4 is 73.5 Å². The normalized spacial score (nSPS) is 11.4. The van der Waals surface area contributed by atoms with Crippen LogP contribution in [0.15, 0.2) is 62.9 Å². The molecule has 0 fully saturated rings. The van der Waals surface area contributed by atoms with Gasteiger partial charge in [-0.3, -0.25) is 14.9 Å². The van der Waals surface area contributed by atoms with Crippen molar-refractivity contribution in [3.63, 3.8) is 0 Å². The van der Waals surface area contributed by atoms with Gasteiger partial charge in [0.05, 0.1) is 37.1 Å². The second kappa shape index (κ2) is 12.3. The summed E-state index contributed by atoms with van der Waals surface area (Å²) in [7, 11) is 0. The van der Waals surface area contributed by atoms with Gasteiger partial charge in [-0.25, -0.2) is 4.98 Å². The topological polar surface area (TPSA) is 99.6 Å². The molecule has 196 valence electrons. The number of ether oxygens (including phenoxy) is 1. The number of nitro groups is 1. The molecule has 0 atom stereocenters. The Morgan fingerprint density at radius 1 is 1.11 bits per heavy atom. The third-order valence-corrected chi connectivity index (χ3v) is 7.07. The van der Waals surface area contributed by atoms with Crippen molar-refractivity contribution in [2.75, 3.05) is 0 Å². The number of halogens is 4. The van der Waals surface area contributed by atoms with Crippen LogP contribution in [0.2, 0.25) is 15.1 Å². The largest absolute Gasteiger partial charge is 0.481 e. The Morgan fingerprint density at radius 3 is 2.61 bits per heavy atom. The lowest BCUT2D eigenvalue weighted by atomic mass is 10.2. The summed E-state index contributed by atoms with van der Waals surface area (Å²) < 4.78 is 7.64. The first-order chi connectivity index (χ1) is 18.2. The van der Waals surface area contributed by atoms with Crippen LogP contribution in [0.4, 0.5) is 5.69 Å². The molecule has 0 saturated carbocycles. The predicted molar refractivity (Wildman–Crippen MR) is 154 cm³/mol. The van der Waals surface area contributed by atoms with Gasteiger partial charge < -0.3 is 4.74 Å². The van der Waals surface area contributed by atoms with Gasteiger partial charge in [-0.1, -0.05) is 70.1 Å². The molecule has 0 radical (unpaired) electrons. The fourth-order valence-corrected chi connectivity index (χ4v) is 4.63. The predicted octanol–water partition coefficient (Wildman–Crippen LogP) is 7.83. The third kappa shape index (κ3) is 6.35. The minimum atomic E-state index is -0.596. The number of benzene rings is 3. The average Bonchev–Trinajstić information content (AvgIpc) is 2.88. The van der Waals surface area contributed by atoms with Crippen molar-refractivity contribution in [3.8, 4) is 5.75 Å². The van der Waals surface area contributed by atoms with Crippen molar-refractivity contribution in [3.05, 3.63) is 105 Å². The van der Waals surface area contributed by atoms with E-state index in [1.165, 1.54) is 23.0 Å². The summed E-state index contributed by atoms with van der Waals surface area (Å²) in [4.78, 5) is 29.1. The fourth-order valence-electron chi connectivity index (χ4n) is 3.67. The first-order valence-corrected chi connectivity index (χ1v) is 13.4. The zero-order valence-electron chi connectivity index (χ0n) is 20.0. The quantitative estimate of drug-likeness (QED) is 0.106. The van der Waals surface area contributed by atoms with Crippen LogP contribution < -0.4 is 10.3 Å². The Labute approximate surface area is 241 Å². The molecule has 0 spiro atoms. The van der Waals surface area contributed by atoms with E-state index >= 15 is 0 Å². The highest BCUT2D eigenvalue weighted by Crippen LogP contribution is 2.36. The van der Waals surface area contributed by atoms with Crippen molar-refractivity contribution in [1.29, 1.82) is 0 Å². The molecule has 1 aromatic heterocycles. The Kier molecular flexibility index (Phi) is 9.04. The number of hydrogen-bond acceptors (Lipinski definition) is 6. The second-order valence-electron chi connectivity index (χ2n) is 8.30. The molecule has 4 rings (SSSR count). The van der Waals surface area contributed by atoms with Gasteiger partial charge in [0.15, 0.2) is 0 Å². The highest BCUT2D eigenvalue weighted by Gasteiger charge is 2.21. The summed E-state index contributed by atoms with van der Waals surface area (Å²) in [6, 6.07) is 12.9. The van der Waals surface area contributed by atoms with Gasteiger partial charge in [0.2, 0.25) is 5.75 Å². The summed E-state index contributed by atoms with van der Waals surface area (Å²) in [5, 5.41) is 17.3. The molecule has 8 nitrogen and oxygen atoms in total. The molecule has 0 aliphatic heterocycles. The lowest BCUT2D eigenvalue weighted by Crippen LogP contribution is -2.22. The van der Waals surface area contributed by atoms with Gasteiger partial charge in [0, 0.05) is 22.5 Å². The number of nitrogens with zero attached hydrogens (tertiary/aromatic N) is 4. The lowest BCUT2D eigenvalue weighted by Gasteiger charge is -2.11. The number of aryl methyl sites for hydroxylation is 1. The Hall–Kier alpha value is -2.98. The second-order valence-corrected chi connectivity index (χ2v) is 10.4. The average molecular weight is 639 g/mol. The number of rotatable bonds is 9. The van der Waals surface area contributed by atoms with E-state index in [2.05, 4.69) is 26.0 Å². The molecular weight excluding hydrogens is 619 g/mol. The van der Waals surface area contributed by atoms with E-state index in [0.717, 1.165) is 17.3 Å². The Morgan fingerprint density at radius 2 is 1.89 bits per heavy atom. The molecule has 0 saturated heterocycles. The van der Waals surface area contributed by atoms with Crippen LogP contribution in [-0.4, -0.2) is 20.8 Å². The number of unbranched alkanes of at least 4 members (excludes halogenated alkanes) is 1. The maximum atomic E-state index is 13.3. The summed E-state index contributed by atoms with van der Waals surface area (Å²) in [6.45, 7) is 2.02. The number of nitro benzene ring substituents is 1. The SMILES string of the molecule is CCCCc1nc2ccc(Br)cc2c(=O)n1N=Cc1cc(Cl)c(OCc2ccc(Cl)c(Cl)c2)c([N+](=O)[O-])c1. The minimum Gasteiger partial charge on any atom is -0.481 e. The molecule has 12 heteroatoms. The van der Waals surface area contributed by atoms with E-state index in [0.29, 0.717) is 44.3 Å². The van der Waals surface area contributed by atoms with Gasteiger partial charge in [-0.2, -0.15) is 9.78 Å². The van der Waals surface area contributed by atoms with Crippen molar-refractivity contribution in [2.45, 2.75) is 32.8 Å². The standard InChI is InChI=1S/C26H20BrCl3N4O4/c1-2-3-4-24-32-22-8-6-17(27)12-18(22)26(35)33(24)31-13-16-10-21(30)25(23(11-16)34(36)37)38-14-15-5-7-19(28)20(29)9-15/h5-13H,2-4,14H2,1H3. The van der Waals surface area contributed by atoms with E-state index < -0.39 is 4.92 Å². The van der Waals surface area contributed by atoms with Gasteiger partial charge >= 0.3 is 5.69 Å². The van der Waals surface area contributed by atoms with Gasteiger partial charge in [-0.15, -0.1) is 0 Å². The maximum Gasteiger partial charge on any atom is 0.313 e. The van der Waals surface area contributed by atoms with Gasteiger partial charge in [0.25, 0.3) is 5.56 Å². The third-order valence-electron chi connectivity index (χ3n) is 5.56. The maximum absolute atomic E-state index is 13.3. The molecule has 38 heavy (non-hydrogen) atoms. The summed E-state index contributed by atoms with van der Waals surface area (Å²) in [5.74, 6) is 0.392. The van der Waals surface area contributed by atoms with Gasteiger partial charge in [0.1, 0.15) is 12.4 Å². The van der Waals surface area contributed by atoms with Crippen molar-refractivity contribution in [1.82, 2.24) is 9.66 Å². The zero-order valence-corrected chi connectivity index (χ0v) is 23.8. The number of hydrogen-bond donors (Lipinski definition) is 0. The monoisotopic (exact) mass is 636 g/mol. The van der Waals surface area contributed by atoms with E-state index in [1.807, 2.05) is 13.0 Å². The first-order valence-electron chi connectivity index (χ1n) is 11.5. The van der Waals surface area contributed by atoms with E-state index in [-0.39, 0.29) is 28.6 Å². The van der Waals surface area contributed by atoms with Crippen LogP contribution in [-0.2, 0) is 13.0 Å². The number of fused-ring (bicyclic) bond motifs is 1.